The molecule has 0 aliphatic carbocycles. The van der Waals surface area contributed by atoms with Gasteiger partial charge in [-0.3, -0.25) is 4.79 Å². The molecule has 33 heavy (non-hydrogen) atoms. The molecule has 0 bridgehead atoms. The number of carbonyl (C=O) groups excluding carboxylic acids is 1. The molecule has 0 spiro atoms. The van der Waals surface area contributed by atoms with E-state index >= 15 is 0 Å². The molecule has 0 saturated carbocycles. The van der Waals surface area contributed by atoms with Crippen LogP contribution in [-0.2, 0) is 17.6 Å². The van der Waals surface area contributed by atoms with Crippen molar-refractivity contribution in [2.24, 2.45) is 5.73 Å². The summed E-state index contributed by atoms with van der Waals surface area (Å²) in [6, 6.07) is 16.9. The Morgan fingerprint density at radius 3 is 2.48 bits per heavy atom. The zero-order chi connectivity index (χ0) is 23.5. The van der Waals surface area contributed by atoms with E-state index in [0.29, 0.717) is 31.5 Å². The van der Waals surface area contributed by atoms with Crippen molar-refractivity contribution in [2.75, 3.05) is 11.9 Å². The lowest BCUT2D eigenvalue weighted by Gasteiger charge is -2.29. The number of halogens is 1. The van der Waals surface area contributed by atoms with Crippen LogP contribution < -0.4 is 16.4 Å². The van der Waals surface area contributed by atoms with E-state index < -0.39 is 6.04 Å². The maximum Gasteiger partial charge on any atom is 0.237 e. The van der Waals surface area contributed by atoms with Crippen LogP contribution in [0.4, 0.5) is 10.1 Å². The van der Waals surface area contributed by atoms with E-state index in [9.17, 15) is 9.18 Å². The van der Waals surface area contributed by atoms with Gasteiger partial charge in [0.25, 0.3) is 0 Å². The summed E-state index contributed by atoms with van der Waals surface area (Å²) in [7, 11) is 0. The third-order valence-electron chi connectivity index (χ3n) is 6.46. The molecular formula is C28H32FN3O. The fourth-order valence-corrected chi connectivity index (χ4v) is 4.85. The lowest BCUT2D eigenvalue weighted by Crippen LogP contribution is -2.45. The minimum absolute atomic E-state index is 0.207. The van der Waals surface area contributed by atoms with Crippen molar-refractivity contribution >= 4 is 11.6 Å². The summed E-state index contributed by atoms with van der Waals surface area (Å²) < 4.78 is 14.9. The van der Waals surface area contributed by atoms with Crippen LogP contribution in [0.25, 0.3) is 0 Å². The summed E-state index contributed by atoms with van der Waals surface area (Å²) in [5.41, 5.74) is 14.2. The highest BCUT2D eigenvalue weighted by atomic mass is 19.1. The number of anilines is 1. The van der Waals surface area contributed by atoms with Crippen LogP contribution in [0.1, 0.15) is 51.4 Å². The van der Waals surface area contributed by atoms with E-state index in [4.69, 9.17) is 5.73 Å². The average molecular weight is 446 g/mol. The third kappa shape index (κ3) is 5.25. The Morgan fingerprint density at radius 1 is 1.09 bits per heavy atom. The van der Waals surface area contributed by atoms with E-state index in [-0.39, 0.29) is 17.8 Å². The second kappa shape index (κ2) is 9.75. The summed E-state index contributed by atoms with van der Waals surface area (Å²) >= 11 is 0. The van der Waals surface area contributed by atoms with Crippen LogP contribution in [0.3, 0.4) is 0 Å². The predicted octanol–water partition coefficient (Wildman–Crippen LogP) is 4.88. The summed E-state index contributed by atoms with van der Waals surface area (Å²) in [5, 5.41) is 6.25. The van der Waals surface area contributed by atoms with Gasteiger partial charge in [-0.05, 0) is 73.9 Å². The smallest absolute Gasteiger partial charge is 0.237 e. The van der Waals surface area contributed by atoms with Gasteiger partial charge in [0.1, 0.15) is 5.82 Å². The third-order valence-corrected chi connectivity index (χ3v) is 6.46. The summed E-state index contributed by atoms with van der Waals surface area (Å²) in [4.78, 5) is 13.0. The van der Waals surface area contributed by atoms with Gasteiger partial charge in [0.15, 0.2) is 0 Å². The summed E-state index contributed by atoms with van der Waals surface area (Å²) in [5.74, 6) is -0.492. The molecule has 1 aliphatic rings. The Kier molecular flexibility index (Phi) is 6.80. The minimum atomic E-state index is -0.666. The van der Waals surface area contributed by atoms with E-state index in [2.05, 4.69) is 43.5 Å². The molecule has 0 radical (unpaired) electrons. The van der Waals surface area contributed by atoms with Crippen molar-refractivity contribution in [3.8, 4) is 0 Å². The van der Waals surface area contributed by atoms with Gasteiger partial charge in [0.05, 0.1) is 17.8 Å². The molecular weight excluding hydrogens is 413 g/mol. The van der Waals surface area contributed by atoms with Gasteiger partial charge < -0.3 is 16.4 Å². The second-order valence-electron chi connectivity index (χ2n) is 9.17. The summed E-state index contributed by atoms with van der Waals surface area (Å²) in [6.07, 6.45) is 1.80. The van der Waals surface area contributed by atoms with Crippen LogP contribution in [0.2, 0.25) is 0 Å². The second-order valence-corrected chi connectivity index (χ2v) is 9.17. The van der Waals surface area contributed by atoms with Crippen LogP contribution >= 0.6 is 0 Å². The van der Waals surface area contributed by atoms with Crippen molar-refractivity contribution in [2.45, 2.75) is 52.1 Å². The van der Waals surface area contributed by atoms with Crippen LogP contribution in [0, 0.1) is 26.6 Å². The standard InChI is InChI=1S/C28H32FN3O/c1-17-11-18(2)22(19(3)12-17)16-25(30)28(33)32-26-9-10-31-27-23(26)14-21(15-24(27)29)13-20-7-5-4-6-8-20/h4-8,11-12,14-15,25-26,31H,9-10,13,16,30H2,1-3H3,(H,32,33). The number of hydrogen-bond donors (Lipinski definition) is 3. The minimum Gasteiger partial charge on any atom is -0.382 e. The van der Waals surface area contributed by atoms with E-state index in [0.717, 1.165) is 33.4 Å². The van der Waals surface area contributed by atoms with Crippen molar-refractivity contribution in [3.05, 3.63) is 99.4 Å². The van der Waals surface area contributed by atoms with Crippen molar-refractivity contribution < 1.29 is 9.18 Å². The van der Waals surface area contributed by atoms with Gasteiger partial charge >= 0.3 is 0 Å². The first-order chi connectivity index (χ1) is 15.8. The van der Waals surface area contributed by atoms with Crippen molar-refractivity contribution in [3.63, 3.8) is 0 Å². The maximum atomic E-state index is 14.9. The zero-order valence-electron chi connectivity index (χ0n) is 19.5. The Hall–Kier alpha value is -3.18. The molecule has 1 aliphatic heterocycles. The molecule has 3 aromatic carbocycles. The Morgan fingerprint density at radius 2 is 1.79 bits per heavy atom. The first-order valence-electron chi connectivity index (χ1n) is 11.5. The molecule has 4 nitrogen and oxygen atoms in total. The number of carbonyl (C=O) groups is 1. The fraction of sp³-hybridized carbons (Fsp3) is 0.321. The summed E-state index contributed by atoms with van der Waals surface area (Å²) in [6.45, 7) is 6.77. The molecule has 2 atom stereocenters. The number of rotatable bonds is 6. The first kappa shape index (κ1) is 23.0. The van der Waals surface area contributed by atoms with Crippen molar-refractivity contribution in [1.82, 2.24) is 5.32 Å². The van der Waals surface area contributed by atoms with Gasteiger partial charge in [0, 0.05) is 12.1 Å². The van der Waals surface area contributed by atoms with Gasteiger partial charge in [-0.25, -0.2) is 4.39 Å². The predicted molar refractivity (Wildman–Crippen MR) is 132 cm³/mol. The Balaban J connectivity index is 1.52. The normalized spacial score (nSPS) is 16.0. The molecule has 1 heterocycles. The topological polar surface area (TPSA) is 67.2 Å². The van der Waals surface area contributed by atoms with Crippen molar-refractivity contribution in [1.29, 1.82) is 0 Å². The molecule has 0 fully saturated rings. The lowest BCUT2D eigenvalue weighted by atomic mass is 9.92. The first-order valence-corrected chi connectivity index (χ1v) is 11.5. The SMILES string of the molecule is Cc1cc(C)c(CC(N)C(=O)NC2CCNc3c(F)cc(Cc4ccccc4)cc32)c(C)c1. The number of nitrogens with two attached hydrogens (primary N) is 1. The highest BCUT2D eigenvalue weighted by Crippen LogP contribution is 2.34. The number of hydrogen-bond acceptors (Lipinski definition) is 3. The molecule has 2 unspecified atom stereocenters. The molecule has 4 rings (SSSR count). The zero-order valence-corrected chi connectivity index (χ0v) is 19.5. The van der Waals surface area contributed by atoms with Crippen LogP contribution in [0.5, 0.6) is 0 Å². The van der Waals surface area contributed by atoms with Gasteiger partial charge in [-0.1, -0.05) is 54.1 Å². The monoisotopic (exact) mass is 445 g/mol. The van der Waals surface area contributed by atoms with Gasteiger partial charge in [-0.2, -0.15) is 0 Å². The highest BCUT2D eigenvalue weighted by Gasteiger charge is 2.27. The molecule has 172 valence electrons. The molecule has 4 N–H and O–H groups in total. The van der Waals surface area contributed by atoms with Gasteiger partial charge in [-0.15, -0.1) is 0 Å². The quantitative estimate of drug-likeness (QED) is 0.506. The molecule has 0 saturated heterocycles. The Bertz CT molecular complexity index is 1140. The number of aryl methyl sites for hydroxylation is 3. The maximum absolute atomic E-state index is 14.9. The van der Waals surface area contributed by atoms with E-state index in [1.54, 1.807) is 6.07 Å². The van der Waals surface area contributed by atoms with E-state index in [1.807, 2.05) is 36.4 Å². The van der Waals surface area contributed by atoms with Crippen LogP contribution in [0.15, 0.2) is 54.6 Å². The number of nitrogens with one attached hydrogen (secondary N) is 2. The average Bonchev–Trinajstić information content (AvgIpc) is 2.77. The van der Waals surface area contributed by atoms with Gasteiger partial charge in [0.2, 0.25) is 5.91 Å². The molecule has 1 amide bonds. The Labute approximate surface area is 195 Å². The highest BCUT2D eigenvalue weighted by molar-refractivity contribution is 5.82. The number of benzene rings is 3. The van der Waals surface area contributed by atoms with Crippen LogP contribution in [-0.4, -0.2) is 18.5 Å². The molecule has 5 heteroatoms. The largest absolute Gasteiger partial charge is 0.382 e. The molecule has 3 aromatic rings. The number of fused-ring (bicyclic) bond motifs is 1. The van der Waals surface area contributed by atoms with E-state index in [1.165, 1.54) is 5.56 Å². The lowest BCUT2D eigenvalue weighted by molar-refractivity contribution is -0.123. The fourth-order valence-electron chi connectivity index (χ4n) is 4.85. The number of amides is 1. The molecule has 0 aromatic heterocycles.